The first-order valence-electron chi connectivity index (χ1n) is 2.69. The Labute approximate surface area is 60.5 Å². The lowest BCUT2D eigenvalue weighted by molar-refractivity contribution is 0.449. The van der Waals surface area contributed by atoms with Crippen LogP contribution in [0.5, 0.6) is 0 Å². The lowest BCUT2D eigenvalue weighted by atomic mass is 10.2. The molecule has 1 rings (SSSR count). The van der Waals surface area contributed by atoms with E-state index >= 15 is 0 Å². The van der Waals surface area contributed by atoms with Gasteiger partial charge in [-0.15, -0.1) is 0 Å². The molecule has 0 heterocycles. The van der Waals surface area contributed by atoms with E-state index in [1.807, 2.05) is 0 Å². The summed E-state index contributed by atoms with van der Waals surface area (Å²) >= 11 is 0. The lowest BCUT2D eigenvalue weighted by Crippen LogP contribution is -1.97. The van der Waals surface area contributed by atoms with Crippen LogP contribution in [0.15, 0.2) is 6.07 Å². The van der Waals surface area contributed by atoms with Crippen LogP contribution >= 0.6 is 0 Å². The van der Waals surface area contributed by atoms with Crippen molar-refractivity contribution in [3.63, 3.8) is 0 Å². The summed E-state index contributed by atoms with van der Waals surface area (Å²) in [6.45, 7) is 2.81. The predicted octanol–water partition coefficient (Wildman–Crippen LogP) is 2.43. The molecule has 1 aromatic rings. The molecular formula is C7H3F4. The zero-order valence-corrected chi connectivity index (χ0v) is 5.30. The van der Waals surface area contributed by atoms with E-state index < -0.39 is 28.8 Å². The zero-order chi connectivity index (χ0) is 8.59. The second-order valence-electron chi connectivity index (χ2n) is 1.95. The maximum atomic E-state index is 12.3. The minimum Gasteiger partial charge on any atom is -0.204 e. The summed E-state index contributed by atoms with van der Waals surface area (Å²) in [6, 6.07) is 0.138. The van der Waals surface area contributed by atoms with E-state index in [1.165, 1.54) is 0 Å². The number of hydrogen-bond acceptors (Lipinski definition) is 0. The van der Waals surface area contributed by atoms with Crippen LogP contribution in [-0.4, -0.2) is 0 Å². The Morgan fingerprint density at radius 2 is 1.27 bits per heavy atom. The molecule has 1 aromatic carbocycles. The molecule has 0 saturated heterocycles. The third-order valence-electron chi connectivity index (χ3n) is 1.20. The van der Waals surface area contributed by atoms with E-state index in [0.717, 1.165) is 0 Å². The molecule has 0 nitrogen and oxygen atoms in total. The minimum atomic E-state index is -1.45. The van der Waals surface area contributed by atoms with E-state index in [9.17, 15) is 17.6 Å². The summed E-state index contributed by atoms with van der Waals surface area (Å²) in [6.07, 6.45) is 0. The van der Waals surface area contributed by atoms with Crippen LogP contribution in [0.25, 0.3) is 0 Å². The molecule has 0 unspecified atom stereocenters. The van der Waals surface area contributed by atoms with Gasteiger partial charge in [0.15, 0.2) is 23.3 Å². The third kappa shape index (κ3) is 1.20. The number of hydrogen-bond donors (Lipinski definition) is 0. The van der Waals surface area contributed by atoms with Gasteiger partial charge in [-0.25, -0.2) is 17.6 Å². The molecule has 4 heteroatoms. The van der Waals surface area contributed by atoms with Gasteiger partial charge < -0.3 is 0 Å². The van der Waals surface area contributed by atoms with E-state index in [0.29, 0.717) is 0 Å². The molecular weight excluding hydrogens is 160 g/mol. The fourth-order valence-electron chi connectivity index (χ4n) is 0.623. The molecule has 0 aliphatic heterocycles. The topological polar surface area (TPSA) is 0 Å². The van der Waals surface area contributed by atoms with Crippen LogP contribution in [0.2, 0.25) is 0 Å². The predicted molar refractivity (Wildman–Crippen MR) is 30.7 cm³/mol. The van der Waals surface area contributed by atoms with Gasteiger partial charge in [0.25, 0.3) is 0 Å². The van der Waals surface area contributed by atoms with Crippen LogP contribution < -0.4 is 0 Å². The first-order valence-corrected chi connectivity index (χ1v) is 2.69. The largest absolute Gasteiger partial charge is 0.204 e. The summed E-state index contributed by atoms with van der Waals surface area (Å²) in [5.41, 5.74) is -0.887. The molecule has 0 aliphatic carbocycles. The average Bonchev–Trinajstić information content (AvgIpc) is 1.97. The highest BCUT2D eigenvalue weighted by molar-refractivity contribution is 5.24. The molecule has 0 bridgehead atoms. The zero-order valence-electron chi connectivity index (χ0n) is 5.30. The van der Waals surface area contributed by atoms with Gasteiger partial charge >= 0.3 is 0 Å². The van der Waals surface area contributed by atoms with Crippen molar-refractivity contribution >= 4 is 0 Å². The summed E-state index contributed by atoms with van der Waals surface area (Å²) in [5.74, 6) is -5.78. The van der Waals surface area contributed by atoms with E-state index in [4.69, 9.17) is 0 Å². The van der Waals surface area contributed by atoms with Gasteiger partial charge in [0.2, 0.25) is 0 Å². The molecule has 0 atom stereocenters. The highest BCUT2D eigenvalue weighted by Crippen LogP contribution is 2.17. The number of benzene rings is 1. The molecule has 0 fully saturated rings. The minimum absolute atomic E-state index is 0.138. The molecule has 0 amide bonds. The van der Waals surface area contributed by atoms with Crippen molar-refractivity contribution < 1.29 is 17.6 Å². The summed E-state index contributed by atoms with van der Waals surface area (Å²) in [5, 5.41) is 0. The second kappa shape index (κ2) is 2.53. The first kappa shape index (κ1) is 8.04. The quantitative estimate of drug-likeness (QED) is 0.407. The molecule has 0 spiro atoms. The molecule has 0 saturated carbocycles. The van der Waals surface area contributed by atoms with Crippen LogP contribution in [0.1, 0.15) is 5.56 Å². The van der Waals surface area contributed by atoms with Gasteiger partial charge in [0.05, 0.1) is 0 Å². The Balaban J connectivity index is 3.46. The first-order chi connectivity index (χ1) is 5.04. The standard InChI is InChI=1S/C7H3F4/c1-3-6(10)4(8)2-5(9)7(3)11/h2H,1H2. The highest BCUT2D eigenvalue weighted by atomic mass is 19.2. The molecule has 59 valence electrons. The Kier molecular flexibility index (Phi) is 1.85. The molecule has 0 aliphatic rings. The van der Waals surface area contributed by atoms with Gasteiger partial charge in [-0.05, 0) is 6.92 Å². The fraction of sp³-hybridized carbons (Fsp3) is 0. The van der Waals surface area contributed by atoms with Crippen molar-refractivity contribution in [2.45, 2.75) is 0 Å². The lowest BCUT2D eigenvalue weighted by Gasteiger charge is -1.99. The Morgan fingerprint density at radius 1 is 0.909 bits per heavy atom. The van der Waals surface area contributed by atoms with E-state index in [2.05, 4.69) is 6.92 Å². The molecule has 11 heavy (non-hydrogen) atoms. The number of rotatable bonds is 0. The van der Waals surface area contributed by atoms with Crippen molar-refractivity contribution in [2.24, 2.45) is 0 Å². The molecule has 0 N–H and O–H groups in total. The van der Waals surface area contributed by atoms with E-state index in [1.54, 1.807) is 0 Å². The van der Waals surface area contributed by atoms with Gasteiger partial charge in [-0.1, -0.05) is 0 Å². The normalized spacial score (nSPS) is 10.3. The summed E-state index contributed by atoms with van der Waals surface area (Å²) < 4.78 is 49.1. The SMILES string of the molecule is [CH2]c1c(F)c(F)cc(F)c1F. The van der Waals surface area contributed by atoms with Gasteiger partial charge in [0, 0.05) is 11.6 Å². The van der Waals surface area contributed by atoms with Gasteiger partial charge in [-0.3, -0.25) is 0 Å². The van der Waals surface area contributed by atoms with Gasteiger partial charge in [-0.2, -0.15) is 0 Å². The maximum absolute atomic E-state index is 12.3. The van der Waals surface area contributed by atoms with Crippen LogP contribution in [0.3, 0.4) is 0 Å². The molecule has 0 aromatic heterocycles. The van der Waals surface area contributed by atoms with Crippen molar-refractivity contribution in [1.82, 2.24) is 0 Å². The second-order valence-corrected chi connectivity index (χ2v) is 1.95. The smallest absolute Gasteiger partial charge is 0.165 e. The average molecular weight is 163 g/mol. The Morgan fingerprint density at radius 3 is 1.64 bits per heavy atom. The van der Waals surface area contributed by atoms with Crippen LogP contribution in [0.4, 0.5) is 17.6 Å². The van der Waals surface area contributed by atoms with Crippen LogP contribution in [-0.2, 0) is 0 Å². The monoisotopic (exact) mass is 163 g/mol. The maximum Gasteiger partial charge on any atom is 0.165 e. The van der Waals surface area contributed by atoms with Crippen molar-refractivity contribution in [3.05, 3.63) is 41.8 Å². The van der Waals surface area contributed by atoms with E-state index in [-0.39, 0.29) is 6.07 Å². The summed E-state index contributed by atoms with van der Waals surface area (Å²) in [4.78, 5) is 0. The van der Waals surface area contributed by atoms with Crippen molar-refractivity contribution in [1.29, 1.82) is 0 Å². The fourth-order valence-corrected chi connectivity index (χ4v) is 0.623. The van der Waals surface area contributed by atoms with Gasteiger partial charge in [0.1, 0.15) is 0 Å². The summed E-state index contributed by atoms with van der Waals surface area (Å²) in [7, 11) is 0. The van der Waals surface area contributed by atoms with Crippen LogP contribution in [0, 0.1) is 30.2 Å². The Bertz CT molecular complexity index is 267. The van der Waals surface area contributed by atoms with Crippen molar-refractivity contribution in [2.75, 3.05) is 0 Å². The Hall–Kier alpha value is -1.06. The number of halogens is 4. The molecule has 1 radical (unpaired) electrons. The van der Waals surface area contributed by atoms with Crippen molar-refractivity contribution in [3.8, 4) is 0 Å². The third-order valence-corrected chi connectivity index (χ3v) is 1.20. The highest BCUT2D eigenvalue weighted by Gasteiger charge is 2.14.